The second-order valence-electron chi connectivity index (χ2n) is 7.64. The molecule has 0 unspecified atom stereocenters. The highest BCUT2D eigenvalue weighted by molar-refractivity contribution is 5.72. The summed E-state index contributed by atoms with van der Waals surface area (Å²) in [5.41, 5.74) is 4.70. The SMILES string of the molecule is C=C(C=CC/C(=C\C)c1c(C(F)(F)F)oc2c1CCCC2)NCc1ccccc1C. The van der Waals surface area contributed by atoms with Crippen LogP contribution in [0.4, 0.5) is 13.2 Å². The van der Waals surface area contributed by atoms with Gasteiger partial charge in [0.1, 0.15) is 5.76 Å². The zero-order valence-electron chi connectivity index (χ0n) is 17.5. The van der Waals surface area contributed by atoms with Gasteiger partial charge in [-0.3, -0.25) is 0 Å². The van der Waals surface area contributed by atoms with Gasteiger partial charge in [0, 0.05) is 29.8 Å². The number of fused-ring (bicyclic) bond motifs is 1. The van der Waals surface area contributed by atoms with Gasteiger partial charge in [0.25, 0.3) is 0 Å². The monoisotopic (exact) mass is 415 g/mol. The normalized spacial score (nSPS) is 14.8. The number of allylic oxidation sites excluding steroid dienone is 4. The Morgan fingerprint density at radius 3 is 2.63 bits per heavy atom. The first-order chi connectivity index (χ1) is 14.3. The lowest BCUT2D eigenvalue weighted by atomic mass is 9.90. The van der Waals surface area contributed by atoms with Crippen LogP contribution in [-0.2, 0) is 25.6 Å². The van der Waals surface area contributed by atoms with Gasteiger partial charge in [-0.2, -0.15) is 13.2 Å². The first-order valence-corrected chi connectivity index (χ1v) is 10.3. The van der Waals surface area contributed by atoms with Gasteiger partial charge in [0.2, 0.25) is 5.76 Å². The van der Waals surface area contributed by atoms with E-state index in [0.29, 0.717) is 37.1 Å². The van der Waals surface area contributed by atoms with Crippen molar-refractivity contribution in [3.63, 3.8) is 0 Å². The molecule has 160 valence electrons. The zero-order valence-corrected chi connectivity index (χ0v) is 17.5. The Labute approximate surface area is 176 Å². The molecule has 1 heterocycles. The summed E-state index contributed by atoms with van der Waals surface area (Å²) < 4.78 is 46.1. The lowest BCUT2D eigenvalue weighted by Crippen LogP contribution is -2.11. The van der Waals surface area contributed by atoms with Crippen molar-refractivity contribution >= 4 is 5.57 Å². The number of nitrogens with one attached hydrogen (secondary N) is 1. The van der Waals surface area contributed by atoms with Gasteiger partial charge in [0.15, 0.2) is 0 Å². The third-order valence-corrected chi connectivity index (χ3v) is 5.52. The van der Waals surface area contributed by atoms with Crippen molar-refractivity contribution in [1.82, 2.24) is 5.32 Å². The molecule has 0 aliphatic heterocycles. The van der Waals surface area contributed by atoms with Crippen molar-refractivity contribution in [2.24, 2.45) is 0 Å². The summed E-state index contributed by atoms with van der Waals surface area (Å²) in [6.45, 7) is 8.48. The minimum absolute atomic E-state index is 0.239. The summed E-state index contributed by atoms with van der Waals surface area (Å²) >= 11 is 0. The Kier molecular flexibility index (Phi) is 6.91. The predicted octanol–water partition coefficient (Wildman–Crippen LogP) is 7.14. The minimum Gasteiger partial charge on any atom is -0.456 e. The Morgan fingerprint density at radius 2 is 1.93 bits per heavy atom. The van der Waals surface area contributed by atoms with Crippen LogP contribution in [-0.4, -0.2) is 0 Å². The summed E-state index contributed by atoms with van der Waals surface area (Å²) in [6.07, 6.45) is 4.29. The maximum Gasteiger partial charge on any atom is 0.450 e. The maximum absolute atomic E-state index is 13.6. The average molecular weight is 415 g/mol. The molecular formula is C25H28F3NO. The molecule has 0 spiro atoms. The quantitative estimate of drug-likeness (QED) is 0.486. The van der Waals surface area contributed by atoms with E-state index < -0.39 is 11.9 Å². The number of halogens is 3. The molecule has 2 aromatic rings. The maximum atomic E-state index is 13.6. The number of alkyl halides is 3. The van der Waals surface area contributed by atoms with Gasteiger partial charge < -0.3 is 9.73 Å². The number of hydrogen-bond donors (Lipinski definition) is 1. The minimum atomic E-state index is -4.50. The molecule has 1 N–H and O–H groups in total. The first-order valence-electron chi connectivity index (χ1n) is 10.3. The van der Waals surface area contributed by atoms with Crippen LogP contribution in [0.3, 0.4) is 0 Å². The van der Waals surface area contributed by atoms with E-state index in [1.807, 2.05) is 24.3 Å². The van der Waals surface area contributed by atoms with Crippen molar-refractivity contribution < 1.29 is 17.6 Å². The van der Waals surface area contributed by atoms with Crippen LogP contribution in [0.15, 0.2) is 59.2 Å². The molecule has 0 saturated heterocycles. The van der Waals surface area contributed by atoms with E-state index in [0.717, 1.165) is 24.1 Å². The van der Waals surface area contributed by atoms with Crippen molar-refractivity contribution in [1.29, 1.82) is 0 Å². The molecule has 0 radical (unpaired) electrons. The largest absolute Gasteiger partial charge is 0.456 e. The molecule has 0 atom stereocenters. The molecule has 5 heteroatoms. The smallest absolute Gasteiger partial charge is 0.450 e. The highest BCUT2D eigenvalue weighted by atomic mass is 19.4. The van der Waals surface area contributed by atoms with Crippen LogP contribution in [0.2, 0.25) is 0 Å². The standard InChI is InChI=1S/C25H28F3NO/c1-4-19(13-9-11-18(3)29-16-20-12-6-5-10-17(20)2)23-21-14-7-8-15-22(21)30-24(23)25(26,27)28/h4-6,9-12,29H,3,7-8,13-16H2,1-2H3/b11-9?,19-4+. The fourth-order valence-corrected chi connectivity index (χ4v) is 3.87. The van der Waals surface area contributed by atoms with E-state index in [1.165, 1.54) is 11.1 Å². The van der Waals surface area contributed by atoms with Crippen molar-refractivity contribution in [2.75, 3.05) is 0 Å². The van der Waals surface area contributed by atoms with Crippen LogP contribution in [0.5, 0.6) is 0 Å². The van der Waals surface area contributed by atoms with E-state index in [2.05, 4.69) is 31.0 Å². The highest BCUT2D eigenvalue weighted by Crippen LogP contribution is 2.43. The third kappa shape index (κ3) is 5.07. The summed E-state index contributed by atoms with van der Waals surface area (Å²) in [5.74, 6) is -0.358. The molecule has 0 saturated carbocycles. The Balaban J connectivity index is 1.71. The fraction of sp³-hybridized carbons (Fsp3) is 0.360. The lowest BCUT2D eigenvalue weighted by molar-refractivity contribution is -0.153. The van der Waals surface area contributed by atoms with Gasteiger partial charge in [-0.05, 0) is 62.3 Å². The molecule has 0 amide bonds. The van der Waals surface area contributed by atoms with E-state index in [4.69, 9.17) is 4.42 Å². The predicted molar refractivity (Wildman–Crippen MR) is 115 cm³/mol. The molecule has 30 heavy (non-hydrogen) atoms. The molecule has 1 aromatic heterocycles. The summed E-state index contributed by atoms with van der Waals surface area (Å²) in [5, 5.41) is 3.25. The van der Waals surface area contributed by atoms with E-state index in [1.54, 1.807) is 13.0 Å². The summed E-state index contributed by atoms with van der Waals surface area (Å²) in [7, 11) is 0. The Bertz CT molecular complexity index is 963. The topological polar surface area (TPSA) is 25.2 Å². The first kappa shape index (κ1) is 22.0. The van der Waals surface area contributed by atoms with E-state index >= 15 is 0 Å². The number of hydrogen-bond acceptors (Lipinski definition) is 2. The molecule has 2 nitrogen and oxygen atoms in total. The Morgan fingerprint density at radius 1 is 1.20 bits per heavy atom. The molecule has 0 bridgehead atoms. The number of rotatable bonds is 7. The second kappa shape index (κ2) is 9.41. The number of benzene rings is 1. The van der Waals surface area contributed by atoms with E-state index in [-0.39, 0.29) is 5.56 Å². The van der Waals surface area contributed by atoms with Crippen molar-refractivity contribution in [2.45, 2.75) is 58.7 Å². The lowest BCUT2D eigenvalue weighted by Gasteiger charge is -2.13. The zero-order chi connectivity index (χ0) is 21.7. The van der Waals surface area contributed by atoms with Crippen molar-refractivity contribution in [3.05, 3.63) is 88.5 Å². The number of furan rings is 1. The molecule has 1 aliphatic carbocycles. The van der Waals surface area contributed by atoms with E-state index in [9.17, 15) is 13.2 Å². The van der Waals surface area contributed by atoms with Crippen LogP contribution >= 0.6 is 0 Å². The number of aryl methyl sites for hydroxylation is 2. The van der Waals surface area contributed by atoms with Crippen LogP contribution in [0, 0.1) is 6.92 Å². The Hall–Kier alpha value is -2.69. The second-order valence-corrected chi connectivity index (χ2v) is 7.64. The van der Waals surface area contributed by atoms with Gasteiger partial charge in [-0.1, -0.05) is 43.0 Å². The third-order valence-electron chi connectivity index (χ3n) is 5.52. The van der Waals surface area contributed by atoms with Crippen LogP contribution in [0.25, 0.3) is 5.57 Å². The highest BCUT2D eigenvalue weighted by Gasteiger charge is 2.41. The average Bonchev–Trinajstić information content (AvgIpc) is 3.11. The molecule has 1 aliphatic rings. The van der Waals surface area contributed by atoms with Crippen LogP contribution in [0.1, 0.15) is 60.0 Å². The van der Waals surface area contributed by atoms with Crippen LogP contribution < -0.4 is 5.32 Å². The molecule has 3 rings (SSSR count). The summed E-state index contributed by atoms with van der Waals surface area (Å²) in [6, 6.07) is 8.09. The molecule has 0 fully saturated rings. The van der Waals surface area contributed by atoms with Gasteiger partial charge >= 0.3 is 6.18 Å². The molecule has 1 aromatic carbocycles. The summed E-state index contributed by atoms with van der Waals surface area (Å²) in [4.78, 5) is 0. The molecular weight excluding hydrogens is 387 g/mol. The van der Waals surface area contributed by atoms with Gasteiger partial charge in [0.05, 0.1) is 0 Å². The van der Waals surface area contributed by atoms with Gasteiger partial charge in [-0.25, -0.2) is 0 Å². The fourth-order valence-electron chi connectivity index (χ4n) is 3.87. The van der Waals surface area contributed by atoms with Gasteiger partial charge in [-0.15, -0.1) is 0 Å². The van der Waals surface area contributed by atoms with Crippen molar-refractivity contribution in [3.8, 4) is 0 Å².